The van der Waals surface area contributed by atoms with Gasteiger partial charge in [0.2, 0.25) is 0 Å². The van der Waals surface area contributed by atoms with Crippen molar-refractivity contribution in [1.29, 1.82) is 0 Å². The fraction of sp³-hybridized carbons (Fsp3) is 0.235. The molecule has 0 saturated carbocycles. The molecular formula is C17H20N2O. The number of nitrogen functional groups attached to an aromatic ring is 1. The summed E-state index contributed by atoms with van der Waals surface area (Å²) in [6.45, 7) is 4.56. The lowest BCUT2D eigenvalue weighted by molar-refractivity contribution is 0.0784. The van der Waals surface area contributed by atoms with Crippen LogP contribution in [-0.2, 0) is 6.54 Å². The molecule has 2 N–H and O–H groups in total. The maximum Gasteiger partial charge on any atom is 0.254 e. The minimum atomic E-state index is -0.00428. The van der Waals surface area contributed by atoms with Crippen molar-refractivity contribution in [3.05, 3.63) is 64.7 Å². The summed E-state index contributed by atoms with van der Waals surface area (Å²) in [6, 6.07) is 13.6. The van der Waals surface area contributed by atoms with Crippen molar-refractivity contribution < 1.29 is 4.79 Å². The van der Waals surface area contributed by atoms with E-state index in [1.54, 1.807) is 11.0 Å². The number of hydrogen-bond acceptors (Lipinski definition) is 2. The summed E-state index contributed by atoms with van der Waals surface area (Å²) in [5.41, 5.74) is 10.3. The van der Waals surface area contributed by atoms with Crippen LogP contribution in [0.25, 0.3) is 0 Å². The summed E-state index contributed by atoms with van der Waals surface area (Å²) in [5, 5.41) is 0. The molecule has 2 aromatic rings. The Labute approximate surface area is 120 Å². The van der Waals surface area contributed by atoms with Gasteiger partial charge in [-0.05, 0) is 37.1 Å². The highest BCUT2D eigenvalue weighted by Gasteiger charge is 2.14. The molecule has 0 fully saturated rings. The van der Waals surface area contributed by atoms with E-state index < -0.39 is 0 Å². The van der Waals surface area contributed by atoms with Gasteiger partial charge in [-0.1, -0.05) is 35.9 Å². The van der Waals surface area contributed by atoms with Crippen molar-refractivity contribution >= 4 is 11.6 Å². The number of benzene rings is 2. The van der Waals surface area contributed by atoms with Gasteiger partial charge in [-0.25, -0.2) is 0 Å². The molecule has 1 amide bonds. The summed E-state index contributed by atoms with van der Waals surface area (Å²) in [4.78, 5) is 14.2. The van der Waals surface area contributed by atoms with Gasteiger partial charge >= 0.3 is 0 Å². The Hall–Kier alpha value is -2.29. The van der Waals surface area contributed by atoms with Crippen LogP contribution in [-0.4, -0.2) is 17.9 Å². The molecule has 3 heteroatoms. The fourth-order valence-corrected chi connectivity index (χ4v) is 2.11. The van der Waals surface area contributed by atoms with Crippen LogP contribution < -0.4 is 5.73 Å². The van der Waals surface area contributed by atoms with E-state index in [9.17, 15) is 4.79 Å². The fourth-order valence-electron chi connectivity index (χ4n) is 2.11. The molecule has 0 bridgehead atoms. The third-order valence-electron chi connectivity index (χ3n) is 3.38. The van der Waals surface area contributed by atoms with Crippen LogP contribution in [0.5, 0.6) is 0 Å². The van der Waals surface area contributed by atoms with Crippen LogP contribution in [0.1, 0.15) is 27.0 Å². The summed E-state index contributed by atoms with van der Waals surface area (Å²) < 4.78 is 0. The second-order valence-electron chi connectivity index (χ2n) is 5.22. The first kappa shape index (κ1) is 14.1. The Morgan fingerprint density at radius 1 is 1.10 bits per heavy atom. The summed E-state index contributed by atoms with van der Waals surface area (Å²) in [7, 11) is 1.81. The highest BCUT2D eigenvalue weighted by atomic mass is 16.2. The topological polar surface area (TPSA) is 46.3 Å². The van der Waals surface area contributed by atoms with E-state index >= 15 is 0 Å². The predicted octanol–water partition coefficient (Wildman–Crippen LogP) is 3.16. The zero-order chi connectivity index (χ0) is 14.7. The Bertz CT molecular complexity index is 617. The van der Waals surface area contributed by atoms with Crippen LogP contribution in [0.2, 0.25) is 0 Å². The minimum absolute atomic E-state index is 0.00428. The van der Waals surface area contributed by atoms with Crippen molar-refractivity contribution in [3.63, 3.8) is 0 Å². The first-order valence-corrected chi connectivity index (χ1v) is 6.64. The van der Waals surface area contributed by atoms with Crippen molar-refractivity contribution in [1.82, 2.24) is 4.90 Å². The highest BCUT2D eigenvalue weighted by molar-refractivity contribution is 5.96. The molecule has 0 atom stereocenters. The van der Waals surface area contributed by atoms with Crippen LogP contribution in [0, 0.1) is 13.8 Å². The van der Waals surface area contributed by atoms with Gasteiger partial charge in [0.1, 0.15) is 0 Å². The maximum absolute atomic E-state index is 12.5. The van der Waals surface area contributed by atoms with Crippen LogP contribution in [0.15, 0.2) is 42.5 Å². The number of anilines is 1. The van der Waals surface area contributed by atoms with E-state index in [4.69, 9.17) is 5.73 Å². The number of nitrogens with two attached hydrogens (primary N) is 1. The number of carbonyl (C=O) groups excluding carboxylic acids is 1. The zero-order valence-corrected chi connectivity index (χ0v) is 12.2. The van der Waals surface area contributed by atoms with Crippen LogP contribution in [0.3, 0.4) is 0 Å². The van der Waals surface area contributed by atoms with Crippen molar-refractivity contribution in [3.8, 4) is 0 Å². The third kappa shape index (κ3) is 3.18. The number of aryl methyl sites for hydroxylation is 2. The van der Waals surface area contributed by atoms with Crippen LogP contribution >= 0.6 is 0 Å². The first-order chi connectivity index (χ1) is 9.47. The van der Waals surface area contributed by atoms with Gasteiger partial charge in [-0.2, -0.15) is 0 Å². The van der Waals surface area contributed by atoms with Gasteiger partial charge < -0.3 is 10.6 Å². The van der Waals surface area contributed by atoms with E-state index in [0.717, 1.165) is 11.1 Å². The molecule has 2 aromatic carbocycles. The second kappa shape index (κ2) is 5.78. The molecule has 104 valence electrons. The lowest BCUT2D eigenvalue weighted by atomic mass is 10.1. The maximum atomic E-state index is 12.5. The molecule has 20 heavy (non-hydrogen) atoms. The molecule has 0 heterocycles. The van der Waals surface area contributed by atoms with Gasteiger partial charge in [0.25, 0.3) is 5.91 Å². The SMILES string of the molecule is Cc1ccc(CN(C)C(=O)c2cc(N)ccc2C)cc1. The average molecular weight is 268 g/mol. The van der Waals surface area contributed by atoms with E-state index in [-0.39, 0.29) is 5.91 Å². The average Bonchev–Trinajstić information content (AvgIpc) is 2.43. The highest BCUT2D eigenvalue weighted by Crippen LogP contribution is 2.16. The summed E-state index contributed by atoms with van der Waals surface area (Å²) in [5.74, 6) is -0.00428. The Morgan fingerprint density at radius 3 is 2.40 bits per heavy atom. The molecule has 0 radical (unpaired) electrons. The molecule has 3 nitrogen and oxygen atoms in total. The molecule has 0 aliphatic carbocycles. The summed E-state index contributed by atoms with van der Waals surface area (Å²) >= 11 is 0. The monoisotopic (exact) mass is 268 g/mol. The van der Waals surface area contributed by atoms with Gasteiger partial charge in [0, 0.05) is 24.8 Å². The largest absolute Gasteiger partial charge is 0.399 e. The Morgan fingerprint density at radius 2 is 1.75 bits per heavy atom. The normalized spacial score (nSPS) is 10.3. The number of amides is 1. The Kier molecular flexibility index (Phi) is 4.08. The second-order valence-corrected chi connectivity index (χ2v) is 5.22. The standard InChI is InChI=1S/C17H20N2O/c1-12-4-7-14(8-5-12)11-19(3)17(20)16-10-15(18)9-6-13(16)2/h4-10H,11,18H2,1-3H3. The first-order valence-electron chi connectivity index (χ1n) is 6.64. The van der Waals surface area contributed by atoms with Crippen molar-refractivity contribution in [2.75, 3.05) is 12.8 Å². The molecular weight excluding hydrogens is 248 g/mol. The molecule has 0 aliphatic rings. The van der Waals surface area contributed by atoms with Gasteiger partial charge in [0.15, 0.2) is 0 Å². The Balaban J connectivity index is 2.16. The van der Waals surface area contributed by atoms with E-state index in [0.29, 0.717) is 17.8 Å². The molecule has 0 unspecified atom stereocenters. The molecule has 2 rings (SSSR count). The predicted molar refractivity (Wildman–Crippen MR) is 82.6 cm³/mol. The lowest BCUT2D eigenvalue weighted by Crippen LogP contribution is -2.27. The number of rotatable bonds is 3. The molecule has 0 aliphatic heterocycles. The molecule has 0 spiro atoms. The van der Waals surface area contributed by atoms with Crippen molar-refractivity contribution in [2.24, 2.45) is 0 Å². The lowest BCUT2D eigenvalue weighted by Gasteiger charge is -2.19. The smallest absolute Gasteiger partial charge is 0.254 e. The van der Waals surface area contributed by atoms with E-state index in [1.165, 1.54) is 5.56 Å². The summed E-state index contributed by atoms with van der Waals surface area (Å²) in [6.07, 6.45) is 0. The zero-order valence-electron chi connectivity index (χ0n) is 12.2. The van der Waals surface area contributed by atoms with Crippen LogP contribution in [0.4, 0.5) is 5.69 Å². The third-order valence-corrected chi connectivity index (χ3v) is 3.38. The number of nitrogens with zero attached hydrogens (tertiary/aromatic N) is 1. The van der Waals surface area contributed by atoms with Crippen molar-refractivity contribution in [2.45, 2.75) is 20.4 Å². The minimum Gasteiger partial charge on any atom is -0.399 e. The molecule has 0 aromatic heterocycles. The number of carbonyl (C=O) groups is 1. The number of hydrogen-bond donors (Lipinski definition) is 1. The van der Waals surface area contributed by atoms with E-state index in [1.807, 2.05) is 38.2 Å². The quantitative estimate of drug-likeness (QED) is 0.869. The molecule has 0 saturated heterocycles. The van der Waals surface area contributed by atoms with Gasteiger partial charge in [-0.15, -0.1) is 0 Å². The van der Waals surface area contributed by atoms with Gasteiger partial charge in [0.05, 0.1) is 0 Å². The van der Waals surface area contributed by atoms with E-state index in [2.05, 4.69) is 19.1 Å². The van der Waals surface area contributed by atoms with Gasteiger partial charge in [-0.3, -0.25) is 4.79 Å².